The van der Waals surface area contributed by atoms with E-state index in [0.717, 1.165) is 46.5 Å². The van der Waals surface area contributed by atoms with Crippen LogP contribution in [0.2, 0.25) is 0 Å². The highest BCUT2D eigenvalue weighted by atomic mass is 15.0. The number of nitrogens with zero attached hydrogens (tertiary/aromatic N) is 2. The van der Waals surface area contributed by atoms with Crippen molar-refractivity contribution >= 4 is 60.5 Å². The van der Waals surface area contributed by atoms with E-state index < -0.39 is 0 Å². The standard InChI is InChI=1S/C44H36N2/c1-7-12-33(8-2)45-41-19-17-29(27(3)4)21-37(41)39-23-31-15-16-32-24-40-38-22-30(28(5)6)18-20-42(38)46(34-13-10-9-11-14-34)44(40)26-36(32)35(31)25-43(39)45/h7-14,17-26H,1-3,5,15-16H2,4,6H3/b33-12+. The molecule has 0 amide bonds. The number of benzene rings is 5. The fourth-order valence-electron chi connectivity index (χ4n) is 7.42. The van der Waals surface area contributed by atoms with Gasteiger partial charge in [-0.25, -0.2) is 0 Å². The molecule has 0 spiro atoms. The molecule has 5 aromatic carbocycles. The number of fused-ring (bicyclic) bond motifs is 9. The zero-order valence-corrected chi connectivity index (χ0v) is 26.5. The number of para-hydroxylation sites is 1. The van der Waals surface area contributed by atoms with E-state index >= 15 is 0 Å². The molecule has 0 fully saturated rings. The van der Waals surface area contributed by atoms with Crippen LogP contribution >= 0.6 is 0 Å². The van der Waals surface area contributed by atoms with Crippen LogP contribution in [0.1, 0.15) is 36.1 Å². The van der Waals surface area contributed by atoms with Gasteiger partial charge in [0.15, 0.2) is 0 Å². The van der Waals surface area contributed by atoms with Gasteiger partial charge in [-0.15, -0.1) is 0 Å². The first kappa shape index (κ1) is 27.9. The van der Waals surface area contributed by atoms with E-state index in [1.807, 2.05) is 18.2 Å². The van der Waals surface area contributed by atoms with Gasteiger partial charge in [0.05, 0.1) is 22.1 Å². The zero-order valence-electron chi connectivity index (χ0n) is 26.5. The molecule has 2 aromatic heterocycles. The zero-order chi connectivity index (χ0) is 31.7. The highest BCUT2D eigenvalue weighted by Crippen LogP contribution is 2.44. The van der Waals surface area contributed by atoms with Gasteiger partial charge in [-0.2, -0.15) is 0 Å². The van der Waals surface area contributed by atoms with Gasteiger partial charge in [0.25, 0.3) is 0 Å². The lowest BCUT2D eigenvalue weighted by Gasteiger charge is -2.21. The van der Waals surface area contributed by atoms with E-state index in [2.05, 4.69) is 140 Å². The molecule has 0 N–H and O–H groups in total. The van der Waals surface area contributed by atoms with Gasteiger partial charge in [0, 0.05) is 32.9 Å². The first-order valence-corrected chi connectivity index (χ1v) is 15.9. The summed E-state index contributed by atoms with van der Waals surface area (Å²) < 4.78 is 4.74. The monoisotopic (exact) mass is 592 g/mol. The highest BCUT2D eigenvalue weighted by Gasteiger charge is 2.24. The molecule has 0 aliphatic heterocycles. The topological polar surface area (TPSA) is 9.86 Å². The Morgan fingerprint density at radius 1 is 0.609 bits per heavy atom. The van der Waals surface area contributed by atoms with Gasteiger partial charge in [-0.05, 0) is 133 Å². The molecule has 0 unspecified atom stereocenters. The SMILES string of the molecule is C=C/C=C(\C=C)n1c2ccc(C(=C)C)cc2c2cc3c(cc21)-c1cc2c(cc1CC3)c1cc(C(=C)C)ccc1n2-c1ccccc1. The molecule has 0 atom stereocenters. The van der Waals surface area contributed by atoms with E-state index in [9.17, 15) is 0 Å². The minimum atomic E-state index is 1.00. The van der Waals surface area contributed by atoms with Crippen molar-refractivity contribution < 1.29 is 0 Å². The maximum absolute atomic E-state index is 4.23. The van der Waals surface area contributed by atoms with Crippen molar-refractivity contribution in [2.45, 2.75) is 26.7 Å². The fourth-order valence-corrected chi connectivity index (χ4v) is 7.42. The molecule has 222 valence electrons. The predicted octanol–water partition coefficient (Wildman–Crippen LogP) is 11.9. The summed E-state index contributed by atoms with van der Waals surface area (Å²) in [5.74, 6) is 0. The third kappa shape index (κ3) is 4.10. The van der Waals surface area contributed by atoms with Crippen LogP contribution in [0.15, 0.2) is 136 Å². The summed E-state index contributed by atoms with van der Waals surface area (Å²) in [7, 11) is 0. The van der Waals surface area contributed by atoms with E-state index in [1.165, 1.54) is 65.9 Å². The van der Waals surface area contributed by atoms with Crippen molar-refractivity contribution in [3.8, 4) is 16.8 Å². The van der Waals surface area contributed by atoms with Crippen molar-refractivity contribution in [2.75, 3.05) is 0 Å². The average molecular weight is 593 g/mol. The minimum absolute atomic E-state index is 1.00. The lowest BCUT2D eigenvalue weighted by Crippen LogP contribution is -2.05. The quantitative estimate of drug-likeness (QED) is 0.170. The average Bonchev–Trinajstić information content (AvgIpc) is 3.56. The van der Waals surface area contributed by atoms with Crippen LogP contribution in [0.25, 0.3) is 77.3 Å². The van der Waals surface area contributed by atoms with Crippen molar-refractivity contribution in [3.63, 3.8) is 0 Å². The second kappa shape index (κ2) is 10.5. The summed E-state index contributed by atoms with van der Waals surface area (Å²) >= 11 is 0. The van der Waals surface area contributed by atoms with E-state index in [1.54, 1.807) is 0 Å². The van der Waals surface area contributed by atoms with E-state index in [0.29, 0.717) is 0 Å². The van der Waals surface area contributed by atoms with Gasteiger partial charge in [0.2, 0.25) is 0 Å². The van der Waals surface area contributed by atoms with Crippen molar-refractivity contribution in [3.05, 3.63) is 158 Å². The Morgan fingerprint density at radius 3 is 1.74 bits per heavy atom. The molecule has 0 saturated heterocycles. The number of hydrogen-bond acceptors (Lipinski definition) is 0. The normalized spacial score (nSPS) is 12.9. The van der Waals surface area contributed by atoms with Crippen LogP contribution in [0.5, 0.6) is 0 Å². The first-order valence-electron chi connectivity index (χ1n) is 15.9. The van der Waals surface area contributed by atoms with Gasteiger partial charge in [-0.3, -0.25) is 0 Å². The molecule has 1 aliphatic rings. The van der Waals surface area contributed by atoms with Crippen LogP contribution in [-0.2, 0) is 12.8 Å². The Labute approximate surface area is 270 Å². The lowest BCUT2D eigenvalue weighted by atomic mass is 9.84. The third-order valence-electron chi connectivity index (χ3n) is 9.69. The largest absolute Gasteiger partial charge is 0.309 e. The fraction of sp³-hybridized carbons (Fsp3) is 0.0909. The minimum Gasteiger partial charge on any atom is -0.309 e. The molecule has 46 heavy (non-hydrogen) atoms. The van der Waals surface area contributed by atoms with Crippen molar-refractivity contribution in [1.82, 2.24) is 9.13 Å². The maximum atomic E-state index is 4.23. The molecule has 2 nitrogen and oxygen atoms in total. The molecule has 7 aromatic rings. The second-order valence-corrected chi connectivity index (χ2v) is 12.6. The molecule has 0 saturated carbocycles. The number of allylic oxidation sites excluding steroid dienone is 6. The van der Waals surface area contributed by atoms with Gasteiger partial charge in [0.1, 0.15) is 0 Å². The number of rotatable bonds is 6. The van der Waals surface area contributed by atoms with Gasteiger partial charge in [-0.1, -0.05) is 73.9 Å². The van der Waals surface area contributed by atoms with Crippen LogP contribution in [-0.4, -0.2) is 9.13 Å². The molecule has 2 heteroatoms. The molecular weight excluding hydrogens is 556 g/mol. The summed E-state index contributed by atoms with van der Waals surface area (Å²) in [6, 6.07) is 33.9. The van der Waals surface area contributed by atoms with E-state index in [-0.39, 0.29) is 0 Å². The molecule has 2 heterocycles. The number of hydrogen-bond donors (Lipinski definition) is 0. The number of aromatic nitrogens is 2. The third-order valence-corrected chi connectivity index (χ3v) is 9.69. The highest BCUT2D eigenvalue weighted by molar-refractivity contribution is 6.14. The van der Waals surface area contributed by atoms with Gasteiger partial charge >= 0.3 is 0 Å². The Morgan fingerprint density at radius 2 is 1.15 bits per heavy atom. The summed E-state index contributed by atoms with van der Waals surface area (Å²) in [5.41, 5.74) is 16.8. The lowest BCUT2D eigenvalue weighted by molar-refractivity contribution is 0.946. The second-order valence-electron chi connectivity index (χ2n) is 12.6. The predicted molar refractivity (Wildman–Crippen MR) is 201 cm³/mol. The van der Waals surface area contributed by atoms with Gasteiger partial charge < -0.3 is 9.13 Å². The molecule has 8 rings (SSSR count). The van der Waals surface area contributed by atoms with Crippen LogP contribution < -0.4 is 0 Å². The molecule has 0 radical (unpaired) electrons. The Balaban J connectivity index is 1.46. The Hall–Kier alpha value is -5.60. The molecule has 1 aliphatic carbocycles. The van der Waals surface area contributed by atoms with Crippen LogP contribution in [0.4, 0.5) is 0 Å². The van der Waals surface area contributed by atoms with Crippen molar-refractivity contribution in [1.29, 1.82) is 0 Å². The first-order chi connectivity index (χ1) is 22.4. The molecule has 0 bridgehead atoms. The maximum Gasteiger partial charge on any atom is 0.0547 e. The summed E-state index contributed by atoms with van der Waals surface area (Å²) in [4.78, 5) is 0. The Bertz CT molecular complexity index is 2490. The molecular formula is C44H36N2. The Kier molecular flexibility index (Phi) is 6.37. The van der Waals surface area contributed by atoms with Crippen LogP contribution in [0, 0.1) is 0 Å². The number of aryl methyl sites for hydroxylation is 2. The summed E-state index contributed by atoms with van der Waals surface area (Å²) in [6.07, 6.45) is 7.80. The smallest absolute Gasteiger partial charge is 0.0547 e. The van der Waals surface area contributed by atoms with Crippen LogP contribution in [0.3, 0.4) is 0 Å². The van der Waals surface area contributed by atoms with Crippen molar-refractivity contribution in [2.24, 2.45) is 0 Å². The van der Waals surface area contributed by atoms with E-state index in [4.69, 9.17) is 0 Å². The summed E-state index contributed by atoms with van der Waals surface area (Å²) in [6.45, 7) is 20.8. The summed E-state index contributed by atoms with van der Waals surface area (Å²) in [5, 5.41) is 5.04.